The SMILES string of the molecule is COc1ccc(-c2nnc3sc(-c4c(C)nn(C)c4C)nn23)cc1. The summed E-state index contributed by atoms with van der Waals surface area (Å²) < 4.78 is 8.86. The van der Waals surface area contributed by atoms with Gasteiger partial charge in [-0.25, -0.2) is 0 Å². The number of hydrogen-bond donors (Lipinski definition) is 0. The summed E-state index contributed by atoms with van der Waals surface area (Å²) in [6.45, 7) is 4.04. The van der Waals surface area contributed by atoms with Crippen LogP contribution in [0.15, 0.2) is 24.3 Å². The van der Waals surface area contributed by atoms with Crippen molar-refractivity contribution in [2.75, 3.05) is 7.11 Å². The maximum Gasteiger partial charge on any atom is 0.235 e. The molecule has 0 unspecified atom stereocenters. The van der Waals surface area contributed by atoms with Crippen molar-refractivity contribution in [3.8, 4) is 27.7 Å². The number of nitrogens with zero attached hydrogens (tertiary/aromatic N) is 6. The van der Waals surface area contributed by atoms with Crippen molar-refractivity contribution >= 4 is 16.3 Å². The van der Waals surface area contributed by atoms with E-state index in [1.54, 1.807) is 11.6 Å². The van der Waals surface area contributed by atoms with E-state index in [0.717, 1.165) is 38.2 Å². The molecule has 0 N–H and O–H groups in total. The summed E-state index contributed by atoms with van der Waals surface area (Å²) in [5.41, 5.74) is 4.06. The Morgan fingerprint density at radius 1 is 1.04 bits per heavy atom. The lowest BCUT2D eigenvalue weighted by Crippen LogP contribution is -1.93. The molecule has 3 aromatic heterocycles. The Morgan fingerprint density at radius 2 is 1.79 bits per heavy atom. The summed E-state index contributed by atoms with van der Waals surface area (Å²) >= 11 is 1.52. The van der Waals surface area contributed by atoms with Gasteiger partial charge in [-0.05, 0) is 38.1 Å². The Morgan fingerprint density at radius 3 is 2.42 bits per heavy atom. The van der Waals surface area contributed by atoms with Crippen LogP contribution in [0.5, 0.6) is 5.75 Å². The summed E-state index contributed by atoms with van der Waals surface area (Å²) in [6, 6.07) is 7.71. The highest BCUT2D eigenvalue weighted by molar-refractivity contribution is 7.19. The van der Waals surface area contributed by atoms with Crippen LogP contribution in [0.2, 0.25) is 0 Å². The number of methoxy groups -OCH3 is 1. The van der Waals surface area contributed by atoms with Gasteiger partial charge in [0.2, 0.25) is 4.96 Å². The molecule has 8 heteroatoms. The molecule has 24 heavy (non-hydrogen) atoms. The van der Waals surface area contributed by atoms with Crippen LogP contribution in [0.25, 0.3) is 26.9 Å². The van der Waals surface area contributed by atoms with Crippen LogP contribution < -0.4 is 4.74 Å². The van der Waals surface area contributed by atoms with Crippen molar-refractivity contribution in [3.63, 3.8) is 0 Å². The molecular formula is C16H16N6OS. The summed E-state index contributed by atoms with van der Waals surface area (Å²) in [6.07, 6.45) is 0. The minimum Gasteiger partial charge on any atom is -0.497 e. The molecule has 3 heterocycles. The molecule has 0 saturated heterocycles. The van der Waals surface area contributed by atoms with Gasteiger partial charge in [0.25, 0.3) is 0 Å². The fraction of sp³-hybridized carbons (Fsp3) is 0.250. The Bertz CT molecular complexity index is 1030. The monoisotopic (exact) mass is 340 g/mol. The second kappa shape index (κ2) is 5.41. The van der Waals surface area contributed by atoms with Gasteiger partial charge in [0.05, 0.1) is 18.4 Å². The predicted molar refractivity (Wildman–Crippen MR) is 92.3 cm³/mol. The number of hydrogen-bond acceptors (Lipinski definition) is 6. The quantitative estimate of drug-likeness (QED) is 0.573. The third kappa shape index (κ3) is 2.18. The van der Waals surface area contributed by atoms with Gasteiger partial charge in [-0.3, -0.25) is 4.68 Å². The largest absolute Gasteiger partial charge is 0.497 e. The minimum atomic E-state index is 0.717. The van der Waals surface area contributed by atoms with Gasteiger partial charge in [-0.15, -0.1) is 10.2 Å². The number of fused-ring (bicyclic) bond motifs is 1. The third-order valence-corrected chi connectivity index (χ3v) is 4.98. The van der Waals surface area contributed by atoms with Crippen LogP contribution in [-0.4, -0.2) is 36.7 Å². The Hall–Kier alpha value is -2.74. The molecule has 0 saturated carbocycles. The molecule has 122 valence electrons. The molecule has 0 atom stereocenters. The molecule has 0 aliphatic heterocycles. The topological polar surface area (TPSA) is 70.1 Å². The van der Waals surface area contributed by atoms with E-state index >= 15 is 0 Å². The Labute approximate surface area is 142 Å². The van der Waals surface area contributed by atoms with E-state index in [2.05, 4.69) is 15.3 Å². The van der Waals surface area contributed by atoms with Crippen LogP contribution in [0.4, 0.5) is 0 Å². The van der Waals surface area contributed by atoms with E-state index in [-0.39, 0.29) is 0 Å². The van der Waals surface area contributed by atoms with Gasteiger partial charge < -0.3 is 4.74 Å². The average Bonchev–Trinajstić information content (AvgIpc) is 3.21. The zero-order chi connectivity index (χ0) is 16.8. The van der Waals surface area contributed by atoms with Crippen molar-refractivity contribution in [2.45, 2.75) is 13.8 Å². The fourth-order valence-electron chi connectivity index (χ4n) is 2.72. The van der Waals surface area contributed by atoms with E-state index in [1.165, 1.54) is 11.3 Å². The molecule has 0 fully saturated rings. The lowest BCUT2D eigenvalue weighted by molar-refractivity contribution is 0.415. The zero-order valence-corrected chi connectivity index (χ0v) is 14.6. The second-order valence-electron chi connectivity index (χ2n) is 5.52. The highest BCUT2D eigenvalue weighted by Crippen LogP contribution is 2.32. The van der Waals surface area contributed by atoms with Crippen molar-refractivity contribution in [1.82, 2.24) is 29.6 Å². The van der Waals surface area contributed by atoms with E-state index in [0.29, 0.717) is 5.82 Å². The van der Waals surface area contributed by atoms with Gasteiger partial charge >= 0.3 is 0 Å². The third-order valence-electron chi connectivity index (χ3n) is 4.06. The number of benzene rings is 1. The van der Waals surface area contributed by atoms with Crippen molar-refractivity contribution < 1.29 is 4.74 Å². The molecule has 0 spiro atoms. The average molecular weight is 340 g/mol. The zero-order valence-electron chi connectivity index (χ0n) is 13.8. The van der Waals surface area contributed by atoms with Gasteiger partial charge in [-0.2, -0.15) is 14.7 Å². The maximum absolute atomic E-state index is 5.20. The summed E-state index contributed by atoms with van der Waals surface area (Å²) in [4.78, 5) is 0.762. The van der Waals surface area contributed by atoms with E-state index < -0.39 is 0 Å². The number of aromatic nitrogens is 6. The maximum atomic E-state index is 5.20. The lowest BCUT2D eigenvalue weighted by Gasteiger charge is -2.00. The Balaban J connectivity index is 1.83. The molecule has 4 rings (SSSR count). The molecule has 4 aromatic rings. The first-order chi connectivity index (χ1) is 11.6. The van der Waals surface area contributed by atoms with Gasteiger partial charge in [0, 0.05) is 18.3 Å². The predicted octanol–water partition coefficient (Wildman–Crippen LogP) is 2.88. The van der Waals surface area contributed by atoms with Crippen LogP contribution in [0, 0.1) is 13.8 Å². The first-order valence-corrected chi connectivity index (χ1v) is 8.27. The summed E-state index contributed by atoms with van der Waals surface area (Å²) in [7, 11) is 3.59. The first-order valence-electron chi connectivity index (χ1n) is 7.45. The van der Waals surface area contributed by atoms with E-state index in [4.69, 9.17) is 9.84 Å². The van der Waals surface area contributed by atoms with Crippen LogP contribution in [-0.2, 0) is 7.05 Å². The summed E-state index contributed by atoms with van der Waals surface area (Å²) in [5.74, 6) is 1.52. The minimum absolute atomic E-state index is 0.717. The molecule has 0 aliphatic rings. The molecular weight excluding hydrogens is 324 g/mol. The number of rotatable bonds is 3. The number of ether oxygens (including phenoxy) is 1. The van der Waals surface area contributed by atoms with Crippen LogP contribution in [0.3, 0.4) is 0 Å². The summed E-state index contributed by atoms with van der Waals surface area (Å²) in [5, 5.41) is 18.6. The molecule has 1 aromatic carbocycles. The molecule has 0 aliphatic carbocycles. The normalized spacial score (nSPS) is 11.3. The fourth-order valence-corrected chi connectivity index (χ4v) is 3.71. The highest BCUT2D eigenvalue weighted by atomic mass is 32.1. The van der Waals surface area contributed by atoms with Crippen LogP contribution >= 0.6 is 11.3 Å². The van der Waals surface area contributed by atoms with Gasteiger partial charge in [0.15, 0.2) is 10.8 Å². The molecule has 0 radical (unpaired) electrons. The molecule has 7 nitrogen and oxygen atoms in total. The Kier molecular flexibility index (Phi) is 3.34. The van der Waals surface area contributed by atoms with Gasteiger partial charge in [-0.1, -0.05) is 11.3 Å². The smallest absolute Gasteiger partial charge is 0.235 e. The van der Waals surface area contributed by atoms with E-state index in [9.17, 15) is 0 Å². The lowest BCUT2D eigenvalue weighted by atomic mass is 10.2. The van der Waals surface area contributed by atoms with Crippen molar-refractivity contribution in [3.05, 3.63) is 35.7 Å². The molecule has 0 amide bonds. The van der Waals surface area contributed by atoms with Crippen molar-refractivity contribution in [2.24, 2.45) is 7.05 Å². The highest BCUT2D eigenvalue weighted by Gasteiger charge is 2.19. The number of aryl methyl sites for hydroxylation is 2. The second-order valence-corrected chi connectivity index (χ2v) is 6.48. The molecule has 0 bridgehead atoms. The first kappa shape index (κ1) is 14.8. The van der Waals surface area contributed by atoms with E-state index in [1.807, 2.05) is 49.8 Å². The standard InChI is InChI=1S/C16H16N6OS/c1-9-13(10(2)21(3)19-9)15-20-22-14(17-18-16(22)24-15)11-5-7-12(23-4)8-6-11/h5-8H,1-4H3. The van der Waals surface area contributed by atoms with Crippen LogP contribution in [0.1, 0.15) is 11.4 Å². The van der Waals surface area contributed by atoms with Crippen molar-refractivity contribution in [1.29, 1.82) is 0 Å². The van der Waals surface area contributed by atoms with Gasteiger partial charge in [0.1, 0.15) is 5.75 Å².